The highest BCUT2D eigenvalue weighted by atomic mass is 16.1. The molecular weight excluding hydrogens is 126 g/mol. The smallest absolute Gasteiger partial charge is 0.157 e. The van der Waals surface area contributed by atoms with Crippen molar-refractivity contribution in [2.45, 2.75) is 39.2 Å². The van der Waals surface area contributed by atoms with Gasteiger partial charge < -0.3 is 5.73 Å². The first-order chi connectivity index (χ1) is 4.36. The second-order valence-electron chi connectivity index (χ2n) is 4.24. The number of carbonyl (C=O) groups excluding carboxylic acids is 1. The van der Waals surface area contributed by atoms with Gasteiger partial charge in [-0.2, -0.15) is 0 Å². The minimum absolute atomic E-state index is 0.208. The number of hydrogen-bond donors (Lipinski definition) is 1. The van der Waals surface area contributed by atoms with E-state index in [0.29, 0.717) is 0 Å². The van der Waals surface area contributed by atoms with Crippen LogP contribution >= 0.6 is 0 Å². The number of Topliss-reactive ketones (excluding diaryl/α,β-unsaturated/α-hetero) is 1. The van der Waals surface area contributed by atoms with E-state index in [9.17, 15) is 4.79 Å². The minimum atomic E-state index is -0.446. The van der Waals surface area contributed by atoms with E-state index in [1.54, 1.807) is 0 Å². The van der Waals surface area contributed by atoms with Gasteiger partial charge in [-0.3, -0.25) is 4.79 Å². The van der Waals surface area contributed by atoms with Crippen molar-refractivity contribution < 1.29 is 4.79 Å². The molecule has 0 heterocycles. The normalized spacial score (nSPS) is 22.4. The summed E-state index contributed by atoms with van der Waals surface area (Å²) in [6.45, 7) is 5.76. The van der Waals surface area contributed by atoms with E-state index in [2.05, 4.69) is 0 Å². The third kappa shape index (κ3) is 1.21. The van der Waals surface area contributed by atoms with Gasteiger partial charge in [0.15, 0.2) is 5.78 Å². The van der Waals surface area contributed by atoms with Crippen molar-refractivity contribution in [3.05, 3.63) is 0 Å². The summed E-state index contributed by atoms with van der Waals surface area (Å²) >= 11 is 0. The fraction of sp³-hybridized carbons (Fsp3) is 0.875. The summed E-state index contributed by atoms with van der Waals surface area (Å²) in [5.41, 5.74) is 5.02. The molecule has 0 saturated heterocycles. The van der Waals surface area contributed by atoms with Crippen LogP contribution < -0.4 is 5.73 Å². The molecule has 0 aromatic carbocycles. The highest BCUT2D eigenvalue weighted by molar-refractivity contribution is 5.94. The van der Waals surface area contributed by atoms with E-state index in [1.165, 1.54) is 0 Å². The lowest BCUT2D eigenvalue weighted by Crippen LogP contribution is -2.40. The predicted octanol–water partition coefficient (Wildman–Crippen LogP) is 1.09. The minimum Gasteiger partial charge on any atom is -0.319 e. The Kier molecular flexibility index (Phi) is 1.40. The van der Waals surface area contributed by atoms with Crippen LogP contribution in [0.5, 0.6) is 0 Å². The van der Waals surface area contributed by atoms with E-state index in [4.69, 9.17) is 5.73 Å². The largest absolute Gasteiger partial charge is 0.319 e. The lowest BCUT2D eigenvalue weighted by atomic mass is 9.85. The zero-order chi connectivity index (χ0) is 7.99. The molecule has 0 amide bonds. The van der Waals surface area contributed by atoms with E-state index in [1.807, 2.05) is 20.8 Å². The topological polar surface area (TPSA) is 43.1 Å². The van der Waals surface area contributed by atoms with Crippen molar-refractivity contribution in [1.29, 1.82) is 0 Å². The number of hydrogen-bond acceptors (Lipinski definition) is 2. The number of carbonyl (C=O) groups is 1. The van der Waals surface area contributed by atoms with Gasteiger partial charge in [0.1, 0.15) is 0 Å². The van der Waals surface area contributed by atoms with Crippen LogP contribution in [-0.4, -0.2) is 11.3 Å². The molecule has 1 fully saturated rings. The molecule has 58 valence electrons. The number of nitrogens with two attached hydrogens (primary N) is 1. The van der Waals surface area contributed by atoms with Crippen LogP contribution in [-0.2, 0) is 4.79 Å². The van der Waals surface area contributed by atoms with E-state index >= 15 is 0 Å². The molecule has 0 bridgehead atoms. The maximum absolute atomic E-state index is 11.4. The van der Waals surface area contributed by atoms with Crippen molar-refractivity contribution in [2.24, 2.45) is 11.1 Å². The third-order valence-corrected chi connectivity index (χ3v) is 1.92. The van der Waals surface area contributed by atoms with Crippen molar-refractivity contribution >= 4 is 5.78 Å². The van der Waals surface area contributed by atoms with Crippen LogP contribution in [0, 0.1) is 5.41 Å². The number of ketones is 1. The fourth-order valence-electron chi connectivity index (χ4n) is 1.11. The monoisotopic (exact) mass is 141 g/mol. The first-order valence-electron chi connectivity index (χ1n) is 3.70. The van der Waals surface area contributed by atoms with Gasteiger partial charge in [0, 0.05) is 5.41 Å². The van der Waals surface area contributed by atoms with Crippen LogP contribution in [0.1, 0.15) is 33.6 Å². The molecule has 2 N–H and O–H groups in total. The quantitative estimate of drug-likeness (QED) is 0.594. The summed E-state index contributed by atoms with van der Waals surface area (Å²) in [5.74, 6) is 0.208. The van der Waals surface area contributed by atoms with E-state index < -0.39 is 5.54 Å². The molecule has 0 spiro atoms. The van der Waals surface area contributed by atoms with Gasteiger partial charge >= 0.3 is 0 Å². The molecule has 0 aliphatic heterocycles. The van der Waals surface area contributed by atoms with Crippen LogP contribution in [0.3, 0.4) is 0 Å². The van der Waals surface area contributed by atoms with Crippen LogP contribution in [0.25, 0.3) is 0 Å². The maximum Gasteiger partial charge on any atom is 0.157 e. The number of rotatable bonds is 1. The lowest BCUT2D eigenvalue weighted by Gasteiger charge is -2.20. The summed E-state index contributed by atoms with van der Waals surface area (Å²) in [4.78, 5) is 11.4. The zero-order valence-corrected chi connectivity index (χ0v) is 6.90. The molecule has 2 nitrogen and oxygen atoms in total. The molecule has 10 heavy (non-hydrogen) atoms. The molecule has 0 unspecified atom stereocenters. The van der Waals surface area contributed by atoms with Gasteiger partial charge in [-0.15, -0.1) is 0 Å². The average molecular weight is 141 g/mol. The highest BCUT2D eigenvalue weighted by Gasteiger charge is 2.49. The van der Waals surface area contributed by atoms with E-state index in [0.717, 1.165) is 12.8 Å². The summed E-state index contributed by atoms with van der Waals surface area (Å²) < 4.78 is 0. The summed E-state index contributed by atoms with van der Waals surface area (Å²) in [6.07, 6.45) is 1.76. The van der Waals surface area contributed by atoms with Gasteiger partial charge in [-0.25, -0.2) is 0 Å². The maximum atomic E-state index is 11.4. The van der Waals surface area contributed by atoms with Gasteiger partial charge in [-0.1, -0.05) is 20.8 Å². The molecular formula is C8H15NO. The summed E-state index contributed by atoms with van der Waals surface area (Å²) in [7, 11) is 0. The molecule has 0 aromatic heterocycles. The standard InChI is InChI=1S/C8H15NO/c1-7(2,3)6(10)8(9)4-5-8/h4-5,9H2,1-3H3. The first-order valence-corrected chi connectivity index (χ1v) is 3.70. The average Bonchev–Trinajstić information content (AvgIpc) is 2.45. The Morgan fingerprint density at radius 2 is 1.80 bits per heavy atom. The van der Waals surface area contributed by atoms with E-state index in [-0.39, 0.29) is 11.2 Å². The Morgan fingerprint density at radius 1 is 1.40 bits per heavy atom. The molecule has 1 saturated carbocycles. The highest BCUT2D eigenvalue weighted by Crippen LogP contribution is 2.38. The molecule has 1 aliphatic carbocycles. The molecule has 2 heteroatoms. The van der Waals surface area contributed by atoms with Crippen molar-refractivity contribution in [2.75, 3.05) is 0 Å². The second kappa shape index (κ2) is 1.82. The molecule has 0 radical (unpaired) electrons. The Bertz CT molecular complexity index is 155. The Hall–Kier alpha value is -0.370. The fourth-order valence-corrected chi connectivity index (χ4v) is 1.11. The van der Waals surface area contributed by atoms with Crippen LogP contribution in [0.4, 0.5) is 0 Å². The summed E-state index contributed by atoms with van der Waals surface area (Å²) in [6, 6.07) is 0. The molecule has 0 aromatic rings. The lowest BCUT2D eigenvalue weighted by molar-refractivity contribution is -0.128. The predicted molar refractivity (Wildman–Crippen MR) is 40.6 cm³/mol. The Morgan fingerprint density at radius 3 is 1.90 bits per heavy atom. The van der Waals surface area contributed by atoms with Crippen molar-refractivity contribution in [3.63, 3.8) is 0 Å². The Labute approximate surface area is 61.8 Å². The first kappa shape index (κ1) is 7.73. The molecule has 1 aliphatic rings. The zero-order valence-electron chi connectivity index (χ0n) is 6.90. The van der Waals surface area contributed by atoms with Crippen molar-refractivity contribution in [3.8, 4) is 0 Å². The SMILES string of the molecule is CC(C)(C)C(=O)C1(N)CC1. The van der Waals surface area contributed by atoms with Crippen molar-refractivity contribution in [1.82, 2.24) is 0 Å². The molecule has 0 atom stereocenters. The van der Waals surface area contributed by atoms with Gasteiger partial charge in [0.25, 0.3) is 0 Å². The third-order valence-electron chi connectivity index (χ3n) is 1.92. The van der Waals surface area contributed by atoms with Crippen LogP contribution in [0.15, 0.2) is 0 Å². The van der Waals surface area contributed by atoms with Gasteiger partial charge in [0.2, 0.25) is 0 Å². The van der Waals surface area contributed by atoms with Crippen LogP contribution in [0.2, 0.25) is 0 Å². The second-order valence-corrected chi connectivity index (χ2v) is 4.24. The van der Waals surface area contributed by atoms with Gasteiger partial charge in [-0.05, 0) is 12.8 Å². The molecule has 1 rings (SSSR count). The summed E-state index contributed by atoms with van der Waals surface area (Å²) in [5, 5.41) is 0. The van der Waals surface area contributed by atoms with Gasteiger partial charge in [0.05, 0.1) is 5.54 Å². The Balaban J connectivity index is 2.67.